The second-order valence-electron chi connectivity index (χ2n) is 6.25. The van der Waals surface area contributed by atoms with Crippen molar-refractivity contribution in [1.82, 2.24) is 0 Å². The predicted octanol–water partition coefficient (Wildman–Crippen LogP) is 6.02. The minimum Gasteiger partial charge on any atom is -0.488 e. The summed E-state index contributed by atoms with van der Waals surface area (Å²) in [5.74, 6) is 1.70. The molecule has 1 fully saturated rings. The molecule has 0 heterocycles. The van der Waals surface area contributed by atoms with Crippen molar-refractivity contribution in [2.24, 2.45) is 0 Å². The van der Waals surface area contributed by atoms with Gasteiger partial charge in [-0.2, -0.15) is 0 Å². The molecule has 0 N–H and O–H groups in total. The Bertz CT molecular complexity index is 800. The van der Waals surface area contributed by atoms with Gasteiger partial charge in [-0.05, 0) is 77.6 Å². The number of benzene rings is 2. The normalized spacial score (nSPS) is 13.6. The zero-order valence-corrected chi connectivity index (χ0v) is 17.2. The van der Waals surface area contributed by atoms with Crippen LogP contribution in [0.15, 0.2) is 30.3 Å². The first kappa shape index (κ1) is 18.5. The molecule has 25 heavy (non-hydrogen) atoms. The lowest BCUT2D eigenvalue weighted by Crippen LogP contribution is -2.10. The standard InChI is InChI=1S/C20H20ClIO3/c1-3-20(23)25-18-6-4-5-17(22)15(18)11-24-19-10-16(21)12(2)9-14(19)13-7-8-13/h4-6,9-10,13H,3,7-8,11H2,1-2H3. The molecule has 132 valence electrons. The smallest absolute Gasteiger partial charge is 0.310 e. The van der Waals surface area contributed by atoms with Gasteiger partial charge in [-0.15, -0.1) is 0 Å². The summed E-state index contributed by atoms with van der Waals surface area (Å²) in [5.41, 5.74) is 3.17. The molecule has 3 nitrogen and oxygen atoms in total. The highest BCUT2D eigenvalue weighted by molar-refractivity contribution is 14.1. The van der Waals surface area contributed by atoms with Crippen LogP contribution in [0.2, 0.25) is 5.02 Å². The van der Waals surface area contributed by atoms with E-state index in [1.54, 1.807) is 13.0 Å². The third-order valence-electron chi connectivity index (χ3n) is 4.27. The van der Waals surface area contributed by atoms with Gasteiger partial charge in [-0.25, -0.2) is 0 Å². The maximum atomic E-state index is 11.7. The number of rotatable bonds is 6. The third kappa shape index (κ3) is 4.47. The number of ether oxygens (including phenoxy) is 2. The van der Waals surface area contributed by atoms with E-state index in [1.807, 2.05) is 25.1 Å². The Morgan fingerprint density at radius 1 is 1.28 bits per heavy atom. The van der Waals surface area contributed by atoms with Crippen LogP contribution >= 0.6 is 34.2 Å². The quantitative estimate of drug-likeness (QED) is 0.294. The number of aryl methyl sites for hydroxylation is 1. The largest absolute Gasteiger partial charge is 0.488 e. The fraction of sp³-hybridized carbons (Fsp3) is 0.350. The molecule has 2 aromatic rings. The SMILES string of the molecule is CCC(=O)Oc1cccc(I)c1COc1cc(Cl)c(C)cc1C1CC1. The monoisotopic (exact) mass is 470 g/mol. The van der Waals surface area contributed by atoms with Gasteiger partial charge in [0.05, 0.1) is 0 Å². The van der Waals surface area contributed by atoms with E-state index in [0.29, 0.717) is 29.7 Å². The Balaban J connectivity index is 1.85. The molecule has 0 amide bonds. The van der Waals surface area contributed by atoms with E-state index in [-0.39, 0.29) is 5.97 Å². The highest BCUT2D eigenvalue weighted by atomic mass is 127. The van der Waals surface area contributed by atoms with Crippen molar-refractivity contribution >= 4 is 40.2 Å². The van der Waals surface area contributed by atoms with E-state index in [4.69, 9.17) is 21.1 Å². The molecular formula is C20H20ClIO3. The van der Waals surface area contributed by atoms with Gasteiger partial charge in [-0.3, -0.25) is 4.79 Å². The molecule has 0 bridgehead atoms. The molecule has 1 saturated carbocycles. The summed E-state index contributed by atoms with van der Waals surface area (Å²) in [4.78, 5) is 11.7. The number of esters is 1. The minimum atomic E-state index is -0.250. The Kier molecular flexibility index (Phi) is 5.89. The van der Waals surface area contributed by atoms with Crippen molar-refractivity contribution in [1.29, 1.82) is 0 Å². The van der Waals surface area contributed by atoms with Gasteiger partial charge >= 0.3 is 5.97 Å². The zero-order valence-electron chi connectivity index (χ0n) is 14.3. The minimum absolute atomic E-state index is 0.250. The Morgan fingerprint density at radius 3 is 2.72 bits per heavy atom. The molecular weight excluding hydrogens is 451 g/mol. The molecule has 5 heteroatoms. The Morgan fingerprint density at radius 2 is 2.04 bits per heavy atom. The average molecular weight is 471 g/mol. The predicted molar refractivity (Wildman–Crippen MR) is 108 cm³/mol. The third-order valence-corrected chi connectivity index (χ3v) is 5.69. The van der Waals surface area contributed by atoms with Crippen LogP contribution in [0.4, 0.5) is 0 Å². The van der Waals surface area contributed by atoms with Crippen LogP contribution in [0.1, 0.15) is 48.8 Å². The summed E-state index contributed by atoms with van der Waals surface area (Å²) >= 11 is 8.53. The summed E-state index contributed by atoms with van der Waals surface area (Å²) in [6.07, 6.45) is 2.73. The van der Waals surface area contributed by atoms with Crippen LogP contribution in [0.3, 0.4) is 0 Å². The van der Waals surface area contributed by atoms with Gasteiger partial charge in [0.25, 0.3) is 0 Å². The Hall–Kier alpha value is -1.27. The van der Waals surface area contributed by atoms with Gasteiger partial charge in [0.15, 0.2) is 0 Å². The number of halogens is 2. The van der Waals surface area contributed by atoms with Crippen LogP contribution in [0.25, 0.3) is 0 Å². The van der Waals surface area contributed by atoms with Gasteiger partial charge < -0.3 is 9.47 Å². The van der Waals surface area contributed by atoms with Crippen LogP contribution in [0, 0.1) is 10.5 Å². The maximum absolute atomic E-state index is 11.7. The van der Waals surface area contributed by atoms with Crippen LogP contribution in [0.5, 0.6) is 11.5 Å². The molecule has 2 aromatic carbocycles. The van der Waals surface area contributed by atoms with Crippen molar-refractivity contribution in [3.05, 3.63) is 55.6 Å². The van der Waals surface area contributed by atoms with Crippen LogP contribution in [-0.4, -0.2) is 5.97 Å². The fourth-order valence-corrected chi connectivity index (χ4v) is 3.43. The summed E-state index contributed by atoms with van der Waals surface area (Å²) < 4.78 is 12.6. The summed E-state index contributed by atoms with van der Waals surface area (Å²) in [7, 11) is 0. The summed E-state index contributed by atoms with van der Waals surface area (Å²) in [6.45, 7) is 4.13. The second kappa shape index (κ2) is 7.96. The van der Waals surface area contributed by atoms with Crippen molar-refractivity contribution in [2.45, 2.75) is 45.6 Å². The molecule has 1 aliphatic rings. The molecule has 0 radical (unpaired) electrons. The van der Waals surface area contributed by atoms with E-state index in [2.05, 4.69) is 28.7 Å². The van der Waals surface area contributed by atoms with Crippen molar-refractivity contribution in [3.8, 4) is 11.5 Å². The van der Waals surface area contributed by atoms with Crippen molar-refractivity contribution in [3.63, 3.8) is 0 Å². The number of carbonyl (C=O) groups excluding carboxylic acids is 1. The highest BCUT2D eigenvalue weighted by Gasteiger charge is 2.27. The molecule has 0 saturated heterocycles. The second-order valence-corrected chi connectivity index (χ2v) is 7.82. The maximum Gasteiger partial charge on any atom is 0.310 e. The number of hydrogen-bond acceptors (Lipinski definition) is 3. The van der Waals surface area contributed by atoms with Gasteiger partial charge in [0.1, 0.15) is 18.1 Å². The molecule has 0 aromatic heterocycles. The topological polar surface area (TPSA) is 35.5 Å². The van der Waals surface area contributed by atoms with E-state index < -0.39 is 0 Å². The highest BCUT2D eigenvalue weighted by Crippen LogP contribution is 2.46. The first-order valence-electron chi connectivity index (χ1n) is 8.40. The van der Waals surface area contributed by atoms with Gasteiger partial charge in [0.2, 0.25) is 0 Å². The Labute approximate surface area is 166 Å². The van der Waals surface area contributed by atoms with Gasteiger partial charge in [-0.1, -0.05) is 30.7 Å². The summed E-state index contributed by atoms with van der Waals surface area (Å²) in [5, 5.41) is 0.708. The average Bonchev–Trinajstić information content (AvgIpc) is 3.42. The molecule has 1 aliphatic carbocycles. The van der Waals surface area contributed by atoms with E-state index in [9.17, 15) is 4.79 Å². The lowest BCUT2D eigenvalue weighted by atomic mass is 10.1. The van der Waals surface area contributed by atoms with Crippen molar-refractivity contribution < 1.29 is 14.3 Å². The molecule has 0 unspecified atom stereocenters. The molecule has 0 aliphatic heterocycles. The van der Waals surface area contributed by atoms with Crippen LogP contribution < -0.4 is 9.47 Å². The molecule has 0 spiro atoms. The summed E-state index contributed by atoms with van der Waals surface area (Å²) in [6, 6.07) is 9.69. The van der Waals surface area contributed by atoms with Crippen LogP contribution in [-0.2, 0) is 11.4 Å². The van der Waals surface area contributed by atoms with E-state index in [0.717, 1.165) is 20.4 Å². The van der Waals surface area contributed by atoms with E-state index in [1.165, 1.54) is 18.4 Å². The van der Waals surface area contributed by atoms with Gasteiger partial charge in [0, 0.05) is 20.6 Å². The number of hydrogen-bond donors (Lipinski definition) is 0. The first-order valence-corrected chi connectivity index (χ1v) is 9.86. The molecule has 3 rings (SSSR count). The number of carbonyl (C=O) groups is 1. The molecule has 0 atom stereocenters. The lowest BCUT2D eigenvalue weighted by molar-refractivity contribution is -0.134. The van der Waals surface area contributed by atoms with E-state index >= 15 is 0 Å². The van der Waals surface area contributed by atoms with Crippen molar-refractivity contribution in [2.75, 3.05) is 0 Å². The first-order chi connectivity index (χ1) is 12.0. The lowest BCUT2D eigenvalue weighted by Gasteiger charge is -2.16. The fourth-order valence-electron chi connectivity index (χ4n) is 2.64. The zero-order chi connectivity index (χ0) is 18.0.